The molecule has 29 heavy (non-hydrogen) atoms. The highest BCUT2D eigenvalue weighted by molar-refractivity contribution is 5.97. The maximum atomic E-state index is 12.3. The van der Waals surface area contributed by atoms with Crippen LogP contribution in [0.25, 0.3) is 0 Å². The first kappa shape index (κ1) is 21.6. The van der Waals surface area contributed by atoms with Gasteiger partial charge in [-0.2, -0.15) is 0 Å². The standard InChI is InChI=1S/C23H35N3O3/c1-17-10-11-21-20(15-17)26(23(28)16-29-21)13-5-9-22(27)24-12-6-14-25-18(2)7-4-8-19(25)3/h10-11,15,18-19H,4-9,12-14,16H2,1-3H3,(H,24,27)/t18-,19-/m0/s1. The van der Waals surface area contributed by atoms with Crippen LogP contribution in [-0.4, -0.2) is 55.0 Å². The maximum absolute atomic E-state index is 12.3. The molecule has 0 aliphatic carbocycles. The molecule has 0 bridgehead atoms. The van der Waals surface area contributed by atoms with Crippen molar-refractivity contribution in [2.75, 3.05) is 31.1 Å². The molecule has 1 fully saturated rings. The lowest BCUT2D eigenvalue weighted by Crippen LogP contribution is -2.44. The summed E-state index contributed by atoms with van der Waals surface area (Å²) in [4.78, 5) is 28.8. The van der Waals surface area contributed by atoms with Crippen LogP contribution in [0, 0.1) is 6.92 Å². The van der Waals surface area contributed by atoms with Gasteiger partial charge in [-0.1, -0.05) is 12.5 Å². The number of fused-ring (bicyclic) bond motifs is 1. The van der Waals surface area contributed by atoms with Crippen LogP contribution in [-0.2, 0) is 9.59 Å². The van der Waals surface area contributed by atoms with Crippen molar-refractivity contribution in [1.29, 1.82) is 0 Å². The SMILES string of the molecule is Cc1ccc2c(c1)N(CCCC(=O)NCCCN1[C@@H](C)CCC[C@@H]1C)C(=O)CO2. The number of carbonyl (C=O) groups is 2. The second kappa shape index (κ2) is 10.1. The Bertz CT molecular complexity index is 711. The molecule has 2 amide bonds. The molecule has 6 heteroatoms. The number of piperidine rings is 1. The van der Waals surface area contributed by atoms with E-state index in [1.165, 1.54) is 19.3 Å². The molecule has 2 aliphatic heterocycles. The fraction of sp³-hybridized carbons (Fsp3) is 0.652. The number of nitrogens with one attached hydrogen (secondary N) is 1. The summed E-state index contributed by atoms with van der Waals surface area (Å²) in [6, 6.07) is 7.14. The number of carbonyl (C=O) groups excluding carboxylic acids is 2. The number of benzene rings is 1. The van der Waals surface area contributed by atoms with Crippen LogP contribution in [0.4, 0.5) is 5.69 Å². The minimum absolute atomic E-state index is 0.0479. The zero-order valence-electron chi connectivity index (χ0n) is 18.1. The molecule has 2 atom stereocenters. The molecule has 0 aromatic heterocycles. The monoisotopic (exact) mass is 401 g/mol. The summed E-state index contributed by atoms with van der Waals surface area (Å²) in [5, 5.41) is 3.04. The Balaban J connectivity index is 1.37. The molecule has 1 saturated heterocycles. The number of nitrogens with zero attached hydrogens (tertiary/aromatic N) is 2. The number of aryl methyl sites for hydroxylation is 1. The summed E-state index contributed by atoms with van der Waals surface area (Å²) < 4.78 is 5.50. The molecule has 0 saturated carbocycles. The van der Waals surface area contributed by atoms with Crippen molar-refractivity contribution >= 4 is 17.5 Å². The Labute approximate surface area is 174 Å². The van der Waals surface area contributed by atoms with E-state index in [0.29, 0.717) is 38.0 Å². The van der Waals surface area contributed by atoms with Crippen molar-refractivity contribution in [2.24, 2.45) is 0 Å². The molecule has 0 radical (unpaired) electrons. The summed E-state index contributed by atoms with van der Waals surface area (Å²) >= 11 is 0. The second-order valence-electron chi connectivity index (χ2n) is 8.48. The molecular formula is C23H35N3O3. The molecule has 160 valence electrons. The van der Waals surface area contributed by atoms with Crippen LogP contribution in [0.2, 0.25) is 0 Å². The van der Waals surface area contributed by atoms with Crippen molar-refractivity contribution in [3.8, 4) is 5.75 Å². The Morgan fingerprint density at radius 3 is 2.69 bits per heavy atom. The lowest BCUT2D eigenvalue weighted by Gasteiger charge is -2.39. The van der Waals surface area contributed by atoms with E-state index in [9.17, 15) is 9.59 Å². The molecule has 2 aliphatic rings. The minimum Gasteiger partial charge on any atom is -0.482 e. The number of anilines is 1. The number of amides is 2. The lowest BCUT2D eigenvalue weighted by molar-refractivity contribution is -0.122. The molecule has 1 N–H and O–H groups in total. The predicted molar refractivity (Wildman–Crippen MR) is 115 cm³/mol. The second-order valence-corrected chi connectivity index (χ2v) is 8.48. The molecule has 6 nitrogen and oxygen atoms in total. The first-order chi connectivity index (χ1) is 14.0. The van der Waals surface area contributed by atoms with Crippen molar-refractivity contribution in [2.45, 2.75) is 71.4 Å². The van der Waals surface area contributed by atoms with E-state index < -0.39 is 0 Å². The van der Waals surface area contributed by atoms with Gasteiger partial charge in [0.25, 0.3) is 5.91 Å². The minimum atomic E-state index is -0.0479. The van der Waals surface area contributed by atoms with Gasteiger partial charge in [0.15, 0.2) is 6.61 Å². The van der Waals surface area contributed by atoms with E-state index in [1.54, 1.807) is 4.90 Å². The number of hydrogen-bond acceptors (Lipinski definition) is 4. The molecule has 1 aromatic carbocycles. The Hall–Kier alpha value is -2.08. The summed E-state index contributed by atoms with van der Waals surface area (Å²) in [6.07, 6.45) is 5.94. The van der Waals surface area contributed by atoms with E-state index in [1.807, 2.05) is 25.1 Å². The van der Waals surface area contributed by atoms with Crippen LogP contribution in [0.1, 0.15) is 57.9 Å². The third-order valence-electron chi connectivity index (χ3n) is 6.13. The van der Waals surface area contributed by atoms with Crippen LogP contribution in [0.3, 0.4) is 0 Å². The Morgan fingerprint density at radius 2 is 1.93 bits per heavy atom. The highest BCUT2D eigenvalue weighted by atomic mass is 16.5. The molecule has 2 heterocycles. The van der Waals surface area contributed by atoms with Crippen molar-refractivity contribution in [3.63, 3.8) is 0 Å². The van der Waals surface area contributed by atoms with Crippen LogP contribution in [0.5, 0.6) is 5.75 Å². The molecule has 1 aromatic rings. The van der Waals surface area contributed by atoms with E-state index >= 15 is 0 Å². The van der Waals surface area contributed by atoms with E-state index in [2.05, 4.69) is 24.1 Å². The fourth-order valence-corrected chi connectivity index (χ4v) is 4.45. The highest BCUT2D eigenvalue weighted by Gasteiger charge is 2.26. The van der Waals surface area contributed by atoms with Gasteiger partial charge < -0.3 is 15.0 Å². The predicted octanol–water partition coefficient (Wildman–Crippen LogP) is 3.27. The number of likely N-dealkylation sites (tertiary alicyclic amines) is 1. The average Bonchev–Trinajstić information content (AvgIpc) is 2.68. The summed E-state index contributed by atoms with van der Waals surface area (Å²) in [6.45, 7) is 8.97. The van der Waals surface area contributed by atoms with Crippen LogP contribution < -0.4 is 15.0 Å². The number of hydrogen-bond donors (Lipinski definition) is 1. The highest BCUT2D eigenvalue weighted by Crippen LogP contribution is 2.33. The zero-order chi connectivity index (χ0) is 20.8. The van der Waals surface area contributed by atoms with Gasteiger partial charge in [-0.05, 0) is 64.2 Å². The van der Waals surface area contributed by atoms with Gasteiger partial charge in [-0.15, -0.1) is 0 Å². The van der Waals surface area contributed by atoms with Crippen LogP contribution in [0.15, 0.2) is 18.2 Å². The largest absolute Gasteiger partial charge is 0.482 e. The van der Waals surface area contributed by atoms with Gasteiger partial charge in [-0.25, -0.2) is 0 Å². The van der Waals surface area contributed by atoms with E-state index in [-0.39, 0.29) is 18.4 Å². The normalized spacial score (nSPS) is 22.2. The average molecular weight is 402 g/mol. The summed E-state index contributed by atoms with van der Waals surface area (Å²) in [5.74, 6) is 0.754. The number of ether oxygens (including phenoxy) is 1. The molecular weight excluding hydrogens is 366 g/mol. The third-order valence-corrected chi connectivity index (χ3v) is 6.13. The third kappa shape index (κ3) is 5.72. The van der Waals surface area contributed by atoms with E-state index in [4.69, 9.17) is 4.74 Å². The van der Waals surface area contributed by atoms with Gasteiger partial charge in [0.2, 0.25) is 5.91 Å². The van der Waals surface area contributed by atoms with Crippen molar-refractivity contribution in [3.05, 3.63) is 23.8 Å². The Kier molecular flexibility index (Phi) is 7.53. The topological polar surface area (TPSA) is 61.9 Å². The van der Waals surface area contributed by atoms with E-state index in [0.717, 1.165) is 30.0 Å². The fourth-order valence-electron chi connectivity index (χ4n) is 4.45. The van der Waals surface area contributed by atoms with Gasteiger partial charge in [-0.3, -0.25) is 14.5 Å². The van der Waals surface area contributed by atoms with Gasteiger partial charge >= 0.3 is 0 Å². The van der Waals surface area contributed by atoms with Crippen molar-refractivity contribution in [1.82, 2.24) is 10.2 Å². The van der Waals surface area contributed by atoms with Gasteiger partial charge in [0, 0.05) is 38.1 Å². The van der Waals surface area contributed by atoms with Gasteiger partial charge in [0.05, 0.1) is 5.69 Å². The first-order valence-corrected chi connectivity index (χ1v) is 11.0. The summed E-state index contributed by atoms with van der Waals surface area (Å²) in [5.41, 5.74) is 1.90. The van der Waals surface area contributed by atoms with Gasteiger partial charge in [0.1, 0.15) is 5.75 Å². The first-order valence-electron chi connectivity index (χ1n) is 11.0. The zero-order valence-corrected chi connectivity index (χ0v) is 18.1. The maximum Gasteiger partial charge on any atom is 0.265 e. The molecule has 0 spiro atoms. The quantitative estimate of drug-likeness (QED) is 0.679. The number of rotatable bonds is 8. The van der Waals surface area contributed by atoms with Crippen LogP contribution >= 0.6 is 0 Å². The lowest BCUT2D eigenvalue weighted by atomic mass is 9.97. The van der Waals surface area contributed by atoms with Crippen molar-refractivity contribution < 1.29 is 14.3 Å². The summed E-state index contributed by atoms with van der Waals surface area (Å²) in [7, 11) is 0. The Morgan fingerprint density at radius 1 is 1.17 bits per heavy atom. The smallest absolute Gasteiger partial charge is 0.265 e. The molecule has 3 rings (SSSR count). The molecule has 0 unspecified atom stereocenters.